The van der Waals surface area contributed by atoms with Crippen LogP contribution in [-0.4, -0.2) is 16.6 Å². The molecular weight excluding hydrogens is 248 g/mol. The normalized spacial score (nSPS) is 19.6. The van der Waals surface area contributed by atoms with Crippen LogP contribution < -0.4 is 0 Å². The molecule has 0 N–H and O–H groups in total. The number of aryl methyl sites for hydroxylation is 2. The van der Waals surface area contributed by atoms with Crippen LogP contribution >= 0.6 is 0 Å². The molecule has 0 aliphatic carbocycles. The summed E-state index contributed by atoms with van der Waals surface area (Å²) in [6.07, 6.45) is 3.34. The third-order valence-corrected chi connectivity index (χ3v) is 4.14. The van der Waals surface area contributed by atoms with E-state index in [4.69, 9.17) is 4.52 Å². The number of likely N-dealkylation sites (tertiary alicyclic amines) is 1. The first kappa shape index (κ1) is 13.4. The highest BCUT2D eigenvalue weighted by Crippen LogP contribution is 2.33. The molecule has 1 aromatic carbocycles. The van der Waals surface area contributed by atoms with E-state index in [9.17, 15) is 0 Å². The number of aromatic nitrogens is 1. The molecule has 1 aromatic heterocycles. The standard InChI is InChI=1S/C17H22N2O/c1-3-15-11-17(20-18-15)16-5-4-10-19(16)12-14-8-6-13(2)7-9-14/h6-9,11,16H,3-5,10,12H2,1-2H3/t16-/m1/s1. The van der Waals surface area contributed by atoms with Gasteiger partial charge in [-0.25, -0.2) is 0 Å². The van der Waals surface area contributed by atoms with Gasteiger partial charge in [-0.05, 0) is 38.3 Å². The molecule has 1 aliphatic rings. The van der Waals surface area contributed by atoms with Crippen molar-refractivity contribution in [3.8, 4) is 0 Å². The lowest BCUT2D eigenvalue weighted by molar-refractivity contribution is 0.206. The Morgan fingerprint density at radius 2 is 2.10 bits per heavy atom. The lowest BCUT2D eigenvalue weighted by Gasteiger charge is -2.22. The van der Waals surface area contributed by atoms with Crippen LogP contribution in [0.3, 0.4) is 0 Å². The zero-order valence-corrected chi connectivity index (χ0v) is 12.3. The van der Waals surface area contributed by atoms with Crippen molar-refractivity contribution in [3.63, 3.8) is 0 Å². The van der Waals surface area contributed by atoms with Crippen LogP contribution in [0, 0.1) is 6.92 Å². The van der Waals surface area contributed by atoms with Crippen molar-refractivity contribution in [2.75, 3.05) is 6.54 Å². The first-order chi connectivity index (χ1) is 9.76. The van der Waals surface area contributed by atoms with Crippen molar-refractivity contribution < 1.29 is 4.52 Å². The summed E-state index contributed by atoms with van der Waals surface area (Å²) in [4.78, 5) is 2.50. The molecule has 0 spiro atoms. The summed E-state index contributed by atoms with van der Waals surface area (Å²) in [6, 6.07) is 11.3. The van der Waals surface area contributed by atoms with Crippen LogP contribution in [0.2, 0.25) is 0 Å². The Morgan fingerprint density at radius 3 is 2.80 bits per heavy atom. The van der Waals surface area contributed by atoms with E-state index in [-0.39, 0.29) is 0 Å². The fourth-order valence-electron chi connectivity index (χ4n) is 2.92. The SMILES string of the molecule is CCc1cc([C@H]2CCCN2Cc2ccc(C)cc2)on1. The second kappa shape index (κ2) is 5.80. The number of hydrogen-bond acceptors (Lipinski definition) is 3. The van der Waals surface area contributed by atoms with Crippen LogP contribution in [0.15, 0.2) is 34.9 Å². The predicted octanol–water partition coefficient (Wildman–Crippen LogP) is 3.88. The van der Waals surface area contributed by atoms with Gasteiger partial charge in [0.15, 0.2) is 5.76 Å². The Morgan fingerprint density at radius 1 is 1.30 bits per heavy atom. The zero-order chi connectivity index (χ0) is 13.9. The van der Waals surface area contributed by atoms with Crippen molar-refractivity contribution in [2.24, 2.45) is 0 Å². The van der Waals surface area contributed by atoms with Crippen molar-refractivity contribution in [1.29, 1.82) is 0 Å². The highest BCUT2D eigenvalue weighted by atomic mass is 16.5. The van der Waals surface area contributed by atoms with E-state index in [0.29, 0.717) is 6.04 Å². The Hall–Kier alpha value is -1.61. The highest BCUT2D eigenvalue weighted by Gasteiger charge is 2.29. The molecule has 0 saturated carbocycles. The third-order valence-electron chi connectivity index (χ3n) is 4.14. The molecule has 0 radical (unpaired) electrons. The molecule has 1 fully saturated rings. The number of rotatable bonds is 4. The van der Waals surface area contributed by atoms with E-state index in [2.05, 4.69) is 54.2 Å². The molecule has 1 aliphatic heterocycles. The molecule has 0 bridgehead atoms. The van der Waals surface area contributed by atoms with Crippen LogP contribution in [0.5, 0.6) is 0 Å². The summed E-state index contributed by atoms with van der Waals surface area (Å²) in [5.41, 5.74) is 3.74. The van der Waals surface area contributed by atoms with Gasteiger partial charge < -0.3 is 4.52 Å². The van der Waals surface area contributed by atoms with Gasteiger partial charge in [0.25, 0.3) is 0 Å². The Kier molecular flexibility index (Phi) is 3.88. The van der Waals surface area contributed by atoms with Gasteiger partial charge in [-0.1, -0.05) is 41.9 Å². The number of hydrogen-bond donors (Lipinski definition) is 0. The maximum absolute atomic E-state index is 5.53. The van der Waals surface area contributed by atoms with Gasteiger partial charge >= 0.3 is 0 Å². The summed E-state index contributed by atoms with van der Waals surface area (Å²) < 4.78 is 5.53. The lowest BCUT2D eigenvalue weighted by atomic mass is 10.1. The van der Waals surface area contributed by atoms with Gasteiger partial charge in [0.05, 0.1) is 11.7 Å². The minimum Gasteiger partial charge on any atom is -0.359 e. The van der Waals surface area contributed by atoms with Crippen LogP contribution in [-0.2, 0) is 13.0 Å². The van der Waals surface area contributed by atoms with Crippen LogP contribution in [0.4, 0.5) is 0 Å². The molecule has 1 saturated heterocycles. The van der Waals surface area contributed by atoms with Crippen LogP contribution in [0.25, 0.3) is 0 Å². The molecule has 3 heteroatoms. The van der Waals surface area contributed by atoms with E-state index < -0.39 is 0 Å². The predicted molar refractivity (Wildman–Crippen MR) is 79.4 cm³/mol. The smallest absolute Gasteiger partial charge is 0.154 e. The van der Waals surface area contributed by atoms with Crippen molar-refractivity contribution in [3.05, 3.63) is 52.9 Å². The molecule has 20 heavy (non-hydrogen) atoms. The quantitative estimate of drug-likeness (QED) is 0.844. The average Bonchev–Trinajstić information content (AvgIpc) is 3.09. The maximum Gasteiger partial charge on any atom is 0.154 e. The molecule has 0 amide bonds. The van der Waals surface area contributed by atoms with E-state index >= 15 is 0 Å². The van der Waals surface area contributed by atoms with Gasteiger partial charge in [-0.3, -0.25) is 4.90 Å². The largest absolute Gasteiger partial charge is 0.359 e. The average molecular weight is 270 g/mol. The minimum atomic E-state index is 0.393. The van der Waals surface area contributed by atoms with Crippen molar-refractivity contribution >= 4 is 0 Å². The number of benzene rings is 1. The topological polar surface area (TPSA) is 29.3 Å². The Bertz CT molecular complexity index is 559. The second-order valence-corrected chi connectivity index (χ2v) is 5.69. The van der Waals surface area contributed by atoms with Gasteiger partial charge in [0, 0.05) is 12.6 Å². The fraction of sp³-hybridized carbons (Fsp3) is 0.471. The molecule has 1 atom stereocenters. The second-order valence-electron chi connectivity index (χ2n) is 5.69. The highest BCUT2D eigenvalue weighted by molar-refractivity contribution is 5.22. The Labute approximate surface area is 120 Å². The number of nitrogens with zero attached hydrogens (tertiary/aromatic N) is 2. The van der Waals surface area contributed by atoms with E-state index in [1.54, 1.807) is 0 Å². The van der Waals surface area contributed by atoms with Gasteiger partial charge in [-0.15, -0.1) is 0 Å². The summed E-state index contributed by atoms with van der Waals surface area (Å²) in [6.45, 7) is 6.37. The van der Waals surface area contributed by atoms with Crippen molar-refractivity contribution in [1.82, 2.24) is 10.1 Å². The zero-order valence-electron chi connectivity index (χ0n) is 12.3. The van der Waals surface area contributed by atoms with Gasteiger partial charge in [-0.2, -0.15) is 0 Å². The first-order valence-corrected chi connectivity index (χ1v) is 7.51. The third kappa shape index (κ3) is 2.78. The van der Waals surface area contributed by atoms with Gasteiger partial charge in [0.2, 0.25) is 0 Å². The van der Waals surface area contributed by atoms with E-state index in [1.165, 1.54) is 24.0 Å². The van der Waals surface area contributed by atoms with Crippen molar-refractivity contribution in [2.45, 2.75) is 45.7 Å². The molecule has 3 nitrogen and oxygen atoms in total. The van der Waals surface area contributed by atoms with E-state index in [1.807, 2.05) is 0 Å². The summed E-state index contributed by atoms with van der Waals surface area (Å²) in [7, 11) is 0. The van der Waals surface area contributed by atoms with E-state index in [0.717, 1.165) is 31.0 Å². The Balaban J connectivity index is 1.73. The lowest BCUT2D eigenvalue weighted by Crippen LogP contribution is -2.22. The molecule has 2 aromatic rings. The first-order valence-electron chi connectivity index (χ1n) is 7.51. The summed E-state index contributed by atoms with van der Waals surface area (Å²) in [5.74, 6) is 1.03. The molecule has 2 heterocycles. The van der Waals surface area contributed by atoms with Gasteiger partial charge in [0.1, 0.15) is 0 Å². The monoisotopic (exact) mass is 270 g/mol. The summed E-state index contributed by atoms with van der Waals surface area (Å²) in [5, 5.41) is 4.13. The molecule has 106 valence electrons. The molecule has 0 unspecified atom stereocenters. The van der Waals surface area contributed by atoms with Crippen LogP contribution in [0.1, 0.15) is 48.4 Å². The molecular formula is C17H22N2O. The maximum atomic E-state index is 5.53. The molecule has 3 rings (SSSR count). The summed E-state index contributed by atoms with van der Waals surface area (Å²) >= 11 is 0. The fourth-order valence-corrected chi connectivity index (χ4v) is 2.92. The minimum absolute atomic E-state index is 0.393.